The van der Waals surface area contributed by atoms with Crippen molar-refractivity contribution in [2.24, 2.45) is 5.73 Å². The van der Waals surface area contributed by atoms with E-state index in [1.54, 1.807) is 71.9 Å². The molecule has 0 spiro atoms. The van der Waals surface area contributed by atoms with Crippen LogP contribution in [0.25, 0.3) is 0 Å². The number of para-hydroxylation sites is 2. The van der Waals surface area contributed by atoms with E-state index < -0.39 is 34.7 Å². The number of anilines is 2. The monoisotopic (exact) mass is 456 g/mol. The van der Waals surface area contributed by atoms with E-state index in [0.29, 0.717) is 16.9 Å². The fourth-order valence-corrected chi connectivity index (χ4v) is 2.64. The van der Waals surface area contributed by atoms with Gasteiger partial charge in [0.1, 0.15) is 22.4 Å². The Morgan fingerprint density at radius 1 is 0.818 bits per heavy atom. The molecule has 0 aliphatic carbocycles. The van der Waals surface area contributed by atoms with Crippen molar-refractivity contribution in [3.63, 3.8) is 0 Å². The molecule has 1 unspecified atom stereocenters. The van der Waals surface area contributed by atoms with Gasteiger partial charge in [-0.05, 0) is 66.7 Å². The molecule has 0 radical (unpaired) electrons. The first-order valence-corrected chi connectivity index (χ1v) is 10.5. The number of carbonyl (C=O) groups excluding carboxylic acids is 3. The molecule has 1 aromatic carbocycles. The molecule has 1 atom stereocenters. The van der Waals surface area contributed by atoms with Crippen LogP contribution in [0.1, 0.15) is 64.5 Å². The van der Waals surface area contributed by atoms with Crippen LogP contribution in [0.15, 0.2) is 42.6 Å². The Labute approximate surface area is 194 Å². The highest BCUT2D eigenvalue weighted by atomic mass is 16.6. The molecule has 2 rings (SSSR count). The summed E-state index contributed by atoms with van der Waals surface area (Å²) in [6.07, 6.45) is 0.722. The highest BCUT2D eigenvalue weighted by Gasteiger charge is 2.35. The van der Waals surface area contributed by atoms with Crippen molar-refractivity contribution in [1.29, 1.82) is 0 Å². The molecular formula is C24H32N4O5. The summed E-state index contributed by atoms with van der Waals surface area (Å²) in [5.74, 6) is -1.10. The lowest BCUT2D eigenvalue weighted by Gasteiger charge is -2.28. The number of hydrogen-bond donors (Lipinski definition) is 3. The minimum Gasteiger partial charge on any atom is -0.458 e. The second-order valence-electron chi connectivity index (χ2n) is 9.76. The average molecular weight is 457 g/mol. The van der Waals surface area contributed by atoms with Crippen LogP contribution < -0.4 is 16.4 Å². The normalized spacial score (nSPS) is 13.5. The number of pyridine rings is 1. The SMILES string of the molecule is CC(C)(C)OC(=O)Nc1ccccc1NC(=O)c1ccc(C(C)(N)C(=O)OC(C)(C)C)cn1. The third kappa shape index (κ3) is 7.57. The van der Waals surface area contributed by atoms with Crippen molar-refractivity contribution < 1.29 is 23.9 Å². The van der Waals surface area contributed by atoms with Gasteiger partial charge in [-0.2, -0.15) is 0 Å². The molecule has 0 fully saturated rings. The van der Waals surface area contributed by atoms with Crippen molar-refractivity contribution >= 4 is 29.3 Å². The molecule has 9 nitrogen and oxygen atoms in total. The highest BCUT2D eigenvalue weighted by molar-refractivity contribution is 6.05. The number of carbonyl (C=O) groups is 3. The van der Waals surface area contributed by atoms with E-state index >= 15 is 0 Å². The van der Waals surface area contributed by atoms with E-state index in [1.165, 1.54) is 19.2 Å². The number of nitrogens with two attached hydrogens (primary N) is 1. The number of aromatic nitrogens is 1. The molecule has 4 N–H and O–H groups in total. The van der Waals surface area contributed by atoms with Crippen molar-refractivity contribution in [3.8, 4) is 0 Å². The van der Waals surface area contributed by atoms with Crippen molar-refractivity contribution in [2.45, 2.75) is 65.2 Å². The molecular weight excluding hydrogens is 424 g/mol. The summed E-state index contributed by atoms with van der Waals surface area (Å²) in [5, 5.41) is 5.33. The molecule has 178 valence electrons. The maximum Gasteiger partial charge on any atom is 0.412 e. The number of benzene rings is 1. The van der Waals surface area contributed by atoms with Crippen LogP contribution in [0.5, 0.6) is 0 Å². The van der Waals surface area contributed by atoms with Gasteiger partial charge in [0.15, 0.2) is 0 Å². The molecule has 0 aliphatic heterocycles. The summed E-state index contributed by atoms with van der Waals surface area (Å²) in [7, 11) is 0. The number of nitrogens with zero attached hydrogens (tertiary/aromatic N) is 1. The number of rotatable bonds is 5. The molecule has 0 aliphatic rings. The zero-order valence-corrected chi connectivity index (χ0v) is 20.1. The number of nitrogens with one attached hydrogen (secondary N) is 2. The molecule has 0 saturated heterocycles. The maximum atomic E-state index is 12.7. The van der Waals surface area contributed by atoms with Gasteiger partial charge in [-0.3, -0.25) is 15.1 Å². The molecule has 1 aromatic heterocycles. The lowest BCUT2D eigenvalue weighted by molar-refractivity contribution is -0.161. The Balaban J connectivity index is 2.14. The molecule has 0 saturated carbocycles. The fourth-order valence-electron chi connectivity index (χ4n) is 2.64. The topological polar surface area (TPSA) is 133 Å². The molecule has 0 bridgehead atoms. The Morgan fingerprint density at radius 3 is 1.85 bits per heavy atom. The van der Waals surface area contributed by atoms with Crippen LogP contribution in [-0.4, -0.2) is 34.2 Å². The average Bonchev–Trinajstić information content (AvgIpc) is 2.66. The van der Waals surface area contributed by atoms with Crippen molar-refractivity contribution in [2.75, 3.05) is 10.6 Å². The van der Waals surface area contributed by atoms with Gasteiger partial charge in [-0.1, -0.05) is 18.2 Å². The predicted octanol–water partition coefficient (Wildman–Crippen LogP) is 4.20. The lowest BCUT2D eigenvalue weighted by atomic mass is 9.94. The minimum atomic E-state index is -1.43. The fraction of sp³-hybridized carbons (Fsp3) is 0.417. The molecule has 1 heterocycles. The van der Waals surface area contributed by atoms with Gasteiger partial charge in [0.2, 0.25) is 0 Å². The Morgan fingerprint density at radius 2 is 1.36 bits per heavy atom. The van der Waals surface area contributed by atoms with Crippen LogP contribution in [-0.2, 0) is 19.8 Å². The smallest absolute Gasteiger partial charge is 0.412 e. The Hall–Kier alpha value is -3.46. The van der Waals surface area contributed by atoms with Crippen LogP contribution in [0.4, 0.5) is 16.2 Å². The zero-order valence-electron chi connectivity index (χ0n) is 20.1. The number of hydrogen-bond acceptors (Lipinski definition) is 7. The van der Waals surface area contributed by atoms with Gasteiger partial charge < -0.3 is 20.5 Å². The highest BCUT2D eigenvalue weighted by Crippen LogP contribution is 2.24. The van der Waals surface area contributed by atoms with Crippen molar-refractivity contribution in [1.82, 2.24) is 4.98 Å². The van der Waals surface area contributed by atoms with Gasteiger partial charge in [-0.15, -0.1) is 0 Å². The van der Waals surface area contributed by atoms with Gasteiger partial charge in [0.05, 0.1) is 11.4 Å². The van der Waals surface area contributed by atoms with Crippen LogP contribution in [0, 0.1) is 0 Å². The first-order valence-electron chi connectivity index (χ1n) is 10.5. The minimum absolute atomic E-state index is 0.103. The second-order valence-corrected chi connectivity index (χ2v) is 9.76. The molecule has 9 heteroatoms. The third-order valence-electron chi connectivity index (χ3n) is 4.23. The van der Waals surface area contributed by atoms with Crippen LogP contribution >= 0.6 is 0 Å². The standard InChI is InChI=1S/C24H32N4O5/c1-22(2,3)32-20(30)24(7,25)15-12-13-18(26-14-15)19(29)27-16-10-8-9-11-17(16)28-21(31)33-23(4,5)6/h8-14H,25H2,1-7H3,(H,27,29)(H,28,31). The summed E-state index contributed by atoms with van der Waals surface area (Å²) in [6.45, 7) is 12.0. The van der Waals surface area contributed by atoms with Crippen LogP contribution in [0.3, 0.4) is 0 Å². The van der Waals surface area contributed by atoms with Gasteiger partial charge >= 0.3 is 12.1 Å². The van der Waals surface area contributed by atoms with Crippen LogP contribution in [0.2, 0.25) is 0 Å². The Bertz CT molecular complexity index is 1020. The zero-order chi connectivity index (χ0) is 25.0. The maximum absolute atomic E-state index is 12.7. The predicted molar refractivity (Wildman–Crippen MR) is 126 cm³/mol. The van der Waals surface area contributed by atoms with E-state index in [4.69, 9.17) is 15.2 Å². The second kappa shape index (κ2) is 9.58. The van der Waals surface area contributed by atoms with Gasteiger partial charge in [-0.25, -0.2) is 9.59 Å². The first kappa shape index (κ1) is 25.8. The number of ether oxygens (including phenoxy) is 2. The summed E-state index contributed by atoms with van der Waals surface area (Å²) in [6, 6.07) is 9.72. The van der Waals surface area contributed by atoms with E-state index in [0.717, 1.165) is 0 Å². The first-order chi connectivity index (χ1) is 15.1. The van der Waals surface area contributed by atoms with Crippen molar-refractivity contribution in [3.05, 3.63) is 53.9 Å². The van der Waals surface area contributed by atoms with E-state index in [-0.39, 0.29) is 5.69 Å². The summed E-state index contributed by atoms with van der Waals surface area (Å²) < 4.78 is 10.6. The van der Waals surface area contributed by atoms with Gasteiger partial charge in [0.25, 0.3) is 5.91 Å². The van der Waals surface area contributed by atoms with E-state index in [2.05, 4.69) is 15.6 Å². The molecule has 33 heavy (non-hydrogen) atoms. The Kier molecular flexibility index (Phi) is 7.49. The van der Waals surface area contributed by atoms with Gasteiger partial charge in [0, 0.05) is 11.8 Å². The summed E-state index contributed by atoms with van der Waals surface area (Å²) >= 11 is 0. The number of amides is 2. The summed E-state index contributed by atoms with van der Waals surface area (Å²) in [5.41, 5.74) is 4.65. The largest absolute Gasteiger partial charge is 0.458 e. The molecule has 2 amide bonds. The quantitative estimate of drug-likeness (QED) is 0.574. The third-order valence-corrected chi connectivity index (χ3v) is 4.23. The molecule has 2 aromatic rings. The lowest BCUT2D eigenvalue weighted by Crippen LogP contribution is -2.46. The van der Waals surface area contributed by atoms with E-state index in [9.17, 15) is 14.4 Å². The van der Waals surface area contributed by atoms with E-state index in [1.807, 2.05) is 0 Å². The number of esters is 1. The summed E-state index contributed by atoms with van der Waals surface area (Å²) in [4.78, 5) is 41.4.